The molecule has 0 saturated carbocycles. The Morgan fingerprint density at radius 3 is 2.59 bits per heavy atom. The van der Waals surface area contributed by atoms with Gasteiger partial charge in [-0.15, -0.1) is 0 Å². The lowest BCUT2D eigenvalue weighted by Crippen LogP contribution is -2.58. The number of amides is 2. The lowest BCUT2D eigenvalue weighted by Gasteiger charge is -2.46. The third-order valence-corrected chi connectivity index (χ3v) is 4.53. The van der Waals surface area contributed by atoms with E-state index in [4.69, 9.17) is 4.74 Å². The molecule has 2 fully saturated rings. The molecule has 2 heterocycles. The van der Waals surface area contributed by atoms with Crippen molar-refractivity contribution in [3.8, 4) is 0 Å². The molecule has 0 unspecified atom stereocenters. The summed E-state index contributed by atoms with van der Waals surface area (Å²) in [5, 5.41) is 2.82. The average molecular weight is 307 g/mol. The van der Waals surface area contributed by atoms with Crippen molar-refractivity contribution >= 4 is 11.7 Å². The zero-order valence-corrected chi connectivity index (χ0v) is 12.8. The van der Waals surface area contributed by atoms with Gasteiger partial charge in [0.1, 0.15) is 5.82 Å². The summed E-state index contributed by atoms with van der Waals surface area (Å²) >= 11 is 0. The number of benzene rings is 1. The van der Waals surface area contributed by atoms with Crippen LogP contribution in [0.1, 0.15) is 12.8 Å². The first-order valence-corrected chi connectivity index (χ1v) is 7.70. The highest BCUT2D eigenvalue weighted by molar-refractivity contribution is 5.89. The molecule has 0 atom stereocenters. The SMILES string of the molecule is CN1CCC2(CC1)CN(C(=O)Nc1ccc(F)cc1)CCO2. The second kappa shape index (κ2) is 6.22. The van der Waals surface area contributed by atoms with Crippen molar-refractivity contribution in [1.82, 2.24) is 9.80 Å². The summed E-state index contributed by atoms with van der Waals surface area (Å²) in [6.45, 7) is 3.76. The van der Waals surface area contributed by atoms with Crippen LogP contribution in [-0.4, -0.2) is 61.3 Å². The number of carbonyl (C=O) groups is 1. The molecule has 0 aromatic heterocycles. The average Bonchev–Trinajstić information content (AvgIpc) is 2.53. The first kappa shape index (κ1) is 15.2. The maximum atomic E-state index is 12.9. The highest BCUT2D eigenvalue weighted by atomic mass is 19.1. The number of hydrogen-bond donors (Lipinski definition) is 1. The van der Waals surface area contributed by atoms with E-state index in [-0.39, 0.29) is 17.4 Å². The van der Waals surface area contributed by atoms with Crippen molar-refractivity contribution in [3.63, 3.8) is 0 Å². The summed E-state index contributed by atoms with van der Waals surface area (Å²) in [5.41, 5.74) is 0.403. The normalized spacial score (nSPS) is 21.8. The van der Waals surface area contributed by atoms with Gasteiger partial charge in [-0.05, 0) is 44.2 Å². The number of likely N-dealkylation sites (tertiary alicyclic amines) is 1. The molecule has 2 saturated heterocycles. The largest absolute Gasteiger partial charge is 0.371 e. The summed E-state index contributed by atoms with van der Waals surface area (Å²) in [4.78, 5) is 16.5. The quantitative estimate of drug-likeness (QED) is 0.865. The number of rotatable bonds is 1. The lowest BCUT2D eigenvalue weighted by molar-refractivity contribution is -0.123. The Balaban J connectivity index is 1.61. The Morgan fingerprint density at radius 1 is 1.23 bits per heavy atom. The molecule has 1 aromatic carbocycles. The van der Waals surface area contributed by atoms with Crippen LogP contribution in [0.15, 0.2) is 24.3 Å². The van der Waals surface area contributed by atoms with Gasteiger partial charge in [-0.25, -0.2) is 9.18 Å². The molecule has 5 nitrogen and oxygen atoms in total. The minimum atomic E-state index is -0.311. The Kier molecular flexibility index (Phi) is 4.31. The monoisotopic (exact) mass is 307 g/mol. The first-order chi connectivity index (χ1) is 10.6. The number of carbonyl (C=O) groups excluding carboxylic acids is 1. The molecule has 0 radical (unpaired) electrons. The highest BCUT2D eigenvalue weighted by Gasteiger charge is 2.40. The third-order valence-electron chi connectivity index (χ3n) is 4.53. The van der Waals surface area contributed by atoms with Crippen LogP contribution in [0, 0.1) is 5.82 Å². The summed E-state index contributed by atoms with van der Waals surface area (Å²) in [5.74, 6) is -0.311. The topological polar surface area (TPSA) is 44.8 Å². The second-order valence-corrected chi connectivity index (χ2v) is 6.19. The molecule has 22 heavy (non-hydrogen) atoms. The standard InChI is InChI=1S/C16H22FN3O2/c1-19-8-6-16(7-9-19)12-20(10-11-22-16)15(21)18-14-4-2-13(17)3-5-14/h2-5H,6-12H2,1H3,(H,18,21). The van der Waals surface area contributed by atoms with Crippen LogP contribution in [0.3, 0.4) is 0 Å². The van der Waals surface area contributed by atoms with Crippen LogP contribution in [0.5, 0.6) is 0 Å². The molecular formula is C16H22FN3O2. The first-order valence-electron chi connectivity index (χ1n) is 7.70. The Bertz CT molecular complexity index is 527. The second-order valence-electron chi connectivity index (χ2n) is 6.19. The number of piperidine rings is 1. The fourth-order valence-electron chi connectivity index (χ4n) is 3.08. The van der Waals surface area contributed by atoms with E-state index in [1.54, 1.807) is 17.0 Å². The van der Waals surface area contributed by atoms with Gasteiger partial charge >= 0.3 is 6.03 Å². The highest BCUT2D eigenvalue weighted by Crippen LogP contribution is 2.29. The molecule has 1 N–H and O–H groups in total. The smallest absolute Gasteiger partial charge is 0.322 e. The maximum Gasteiger partial charge on any atom is 0.322 e. The number of hydrogen-bond acceptors (Lipinski definition) is 3. The molecule has 2 aliphatic rings. The van der Waals surface area contributed by atoms with Crippen molar-refractivity contribution in [1.29, 1.82) is 0 Å². The molecule has 2 amide bonds. The molecular weight excluding hydrogens is 285 g/mol. The number of nitrogens with one attached hydrogen (secondary N) is 1. The molecule has 0 aliphatic carbocycles. The van der Waals surface area contributed by atoms with Gasteiger partial charge in [0.2, 0.25) is 0 Å². The van der Waals surface area contributed by atoms with Gasteiger partial charge in [-0.2, -0.15) is 0 Å². The minimum Gasteiger partial charge on any atom is -0.371 e. The van der Waals surface area contributed by atoms with Gasteiger partial charge in [0.05, 0.1) is 18.8 Å². The van der Waals surface area contributed by atoms with Gasteiger partial charge in [0.15, 0.2) is 0 Å². The van der Waals surface area contributed by atoms with Crippen LogP contribution in [0.25, 0.3) is 0 Å². The van der Waals surface area contributed by atoms with E-state index in [2.05, 4.69) is 17.3 Å². The van der Waals surface area contributed by atoms with E-state index < -0.39 is 0 Å². The summed E-state index contributed by atoms with van der Waals surface area (Å²) in [6, 6.07) is 5.67. The summed E-state index contributed by atoms with van der Waals surface area (Å²) < 4.78 is 18.9. The molecule has 0 bridgehead atoms. The van der Waals surface area contributed by atoms with Gasteiger partial charge in [0, 0.05) is 25.3 Å². The van der Waals surface area contributed by atoms with E-state index in [1.807, 2.05) is 0 Å². The number of nitrogens with zero attached hydrogens (tertiary/aromatic N) is 2. The van der Waals surface area contributed by atoms with Crippen molar-refractivity contribution < 1.29 is 13.9 Å². The maximum absolute atomic E-state index is 12.9. The van der Waals surface area contributed by atoms with Crippen LogP contribution in [0.4, 0.5) is 14.9 Å². The zero-order chi connectivity index (χ0) is 15.6. The number of halogens is 1. The van der Waals surface area contributed by atoms with Crippen molar-refractivity contribution in [2.45, 2.75) is 18.4 Å². The minimum absolute atomic E-state index is 0.145. The van der Waals surface area contributed by atoms with E-state index in [1.165, 1.54) is 12.1 Å². The van der Waals surface area contributed by atoms with Crippen LogP contribution < -0.4 is 5.32 Å². The molecule has 1 aromatic rings. The number of anilines is 1. The van der Waals surface area contributed by atoms with E-state index >= 15 is 0 Å². The fraction of sp³-hybridized carbons (Fsp3) is 0.562. The van der Waals surface area contributed by atoms with Gasteiger partial charge < -0.3 is 19.9 Å². The van der Waals surface area contributed by atoms with Gasteiger partial charge in [-0.3, -0.25) is 0 Å². The van der Waals surface area contributed by atoms with Crippen molar-refractivity contribution in [2.75, 3.05) is 45.2 Å². The lowest BCUT2D eigenvalue weighted by atomic mass is 9.89. The summed E-state index contributed by atoms with van der Waals surface area (Å²) in [7, 11) is 2.11. The van der Waals surface area contributed by atoms with E-state index in [0.29, 0.717) is 25.4 Å². The Hall–Kier alpha value is -1.66. The van der Waals surface area contributed by atoms with Gasteiger partial charge in [-0.1, -0.05) is 0 Å². The fourth-order valence-corrected chi connectivity index (χ4v) is 3.08. The van der Waals surface area contributed by atoms with Crippen molar-refractivity contribution in [3.05, 3.63) is 30.1 Å². The Labute approximate surface area is 130 Å². The molecule has 1 spiro atoms. The number of morpholine rings is 1. The molecule has 2 aliphatic heterocycles. The predicted molar refractivity (Wildman–Crippen MR) is 82.4 cm³/mol. The van der Waals surface area contributed by atoms with Crippen LogP contribution >= 0.6 is 0 Å². The van der Waals surface area contributed by atoms with Gasteiger partial charge in [0.25, 0.3) is 0 Å². The molecule has 120 valence electrons. The van der Waals surface area contributed by atoms with E-state index in [9.17, 15) is 9.18 Å². The third kappa shape index (κ3) is 3.39. The number of ether oxygens (including phenoxy) is 1. The van der Waals surface area contributed by atoms with Crippen LogP contribution in [-0.2, 0) is 4.74 Å². The van der Waals surface area contributed by atoms with Crippen LogP contribution in [0.2, 0.25) is 0 Å². The summed E-state index contributed by atoms with van der Waals surface area (Å²) in [6.07, 6.45) is 1.90. The Morgan fingerprint density at radius 2 is 1.91 bits per heavy atom. The number of urea groups is 1. The van der Waals surface area contributed by atoms with E-state index in [0.717, 1.165) is 25.9 Å². The zero-order valence-electron chi connectivity index (χ0n) is 12.8. The molecule has 6 heteroatoms. The van der Waals surface area contributed by atoms with Crippen molar-refractivity contribution in [2.24, 2.45) is 0 Å². The predicted octanol–water partition coefficient (Wildman–Crippen LogP) is 2.15. The molecule has 3 rings (SSSR count).